The quantitative estimate of drug-likeness (QED) is 0.509. The first kappa shape index (κ1) is 23.2. The van der Waals surface area contributed by atoms with Crippen LogP contribution in [0.25, 0.3) is 5.69 Å². The highest BCUT2D eigenvalue weighted by Crippen LogP contribution is 2.21. The number of nitriles is 1. The number of nitrogens with zero attached hydrogens (tertiary/aromatic N) is 4. The predicted octanol–water partition coefficient (Wildman–Crippen LogP) is 3.44. The van der Waals surface area contributed by atoms with Crippen LogP contribution in [0.1, 0.15) is 41.2 Å². The summed E-state index contributed by atoms with van der Waals surface area (Å²) in [5.74, 6) is -0.698. The highest BCUT2D eigenvalue weighted by molar-refractivity contribution is 7.89. The van der Waals surface area contributed by atoms with Crippen molar-refractivity contribution in [2.75, 3.05) is 7.05 Å². The zero-order chi connectivity index (χ0) is 23.5. The molecule has 1 heterocycles. The lowest BCUT2D eigenvalue weighted by Crippen LogP contribution is -2.33. The Bertz CT molecular complexity index is 1280. The molecule has 0 fully saturated rings. The van der Waals surface area contributed by atoms with E-state index in [0.717, 1.165) is 5.69 Å². The van der Waals surface area contributed by atoms with Crippen LogP contribution in [0.5, 0.6) is 0 Å². The number of ether oxygens (including phenoxy) is 1. The van der Waals surface area contributed by atoms with Gasteiger partial charge in [-0.2, -0.15) is 14.7 Å². The van der Waals surface area contributed by atoms with Crippen LogP contribution in [0.4, 0.5) is 0 Å². The predicted molar refractivity (Wildman–Crippen MR) is 119 cm³/mol. The molecule has 0 atom stereocenters. The van der Waals surface area contributed by atoms with E-state index in [9.17, 15) is 18.5 Å². The summed E-state index contributed by atoms with van der Waals surface area (Å²) >= 11 is 0. The van der Waals surface area contributed by atoms with Crippen molar-refractivity contribution in [3.8, 4) is 11.8 Å². The standard InChI is InChI=1S/C23H24N4O4S/c1-16(2)26(4)32(29,30)20-12-8-9-18(13-20)23(28)31-15-22-21(14-24)17(3)25-27(22)19-10-6-5-7-11-19/h5-13,16H,15H2,1-4H3. The first-order valence-corrected chi connectivity index (χ1v) is 11.4. The molecule has 0 aliphatic heterocycles. The first-order valence-electron chi connectivity index (χ1n) is 9.96. The van der Waals surface area contributed by atoms with E-state index in [2.05, 4.69) is 11.2 Å². The van der Waals surface area contributed by atoms with E-state index < -0.39 is 16.0 Å². The molecule has 0 saturated heterocycles. The minimum absolute atomic E-state index is 0.00559. The van der Waals surface area contributed by atoms with Crippen molar-refractivity contribution in [2.45, 2.75) is 38.3 Å². The van der Waals surface area contributed by atoms with Crippen molar-refractivity contribution in [3.63, 3.8) is 0 Å². The number of hydrogen-bond donors (Lipinski definition) is 0. The monoisotopic (exact) mass is 452 g/mol. The summed E-state index contributed by atoms with van der Waals surface area (Å²) < 4.78 is 33.7. The molecule has 0 aliphatic carbocycles. The molecule has 2 aromatic carbocycles. The summed E-state index contributed by atoms with van der Waals surface area (Å²) in [6, 6.07) is 16.8. The van der Waals surface area contributed by atoms with Crippen LogP contribution in [0.15, 0.2) is 59.5 Å². The van der Waals surface area contributed by atoms with Crippen LogP contribution in [0.2, 0.25) is 0 Å². The summed E-state index contributed by atoms with van der Waals surface area (Å²) in [7, 11) is -2.26. The normalized spacial score (nSPS) is 11.5. The summed E-state index contributed by atoms with van der Waals surface area (Å²) in [6.45, 7) is 5.05. The Morgan fingerprint density at radius 1 is 1.19 bits per heavy atom. The number of hydrogen-bond acceptors (Lipinski definition) is 6. The molecule has 3 rings (SSSR count). The van der Waals surface area contributed by atoms with Gasteiger partial charge in [0, 0.05) is 13.1 Å². The first-order chi connectivity index (χ1) is 15.2. The number of benzene rings is 2. The zero-order valence-electron chi connectivity index (χ0n) is 18.3. The van der Waals surface area contributed by atoms with Crippen LogP contribution in [-0.2, 0) is 21.4 Å². The van der Waals surface area contributed by atoms with Crippen LogP contribution in [0, 0.1) is 18.3 Å². The van der Waals surface area contributed by atoms with E-state index in [1.54, 1.807) is 25.5 Å². The number of carbonyl (C=O) groups excluding carboxylic acids is 1. The van der Waals surface area contributed by atoms with Gasteiger partial charge in [0.2, 0.25) is 10.0 Å². The van der Waals surface area contributed by atoms with Gasteiger partial charge >= 0.3 is 5.97 Å². The molecule has 1 aromatic heterocycles. The van der Waals surface area contributed by atoms with Gasteiger partial charge in [-0.15, -0.1) is 0 Å². The molecule has 0 aliphatic rings. The Labute approximate surface area is 187 Å². The number of aryl methyl sites for hydroxylation is 1. The van der Waals surface area contributed by atoms with E-state index in [1.165, 1.54) is 35.6 Å². The largest absolute Gasteiger partial charge is 0.456 e. The minimum atomic E-state index is -3.74. The van der Waals surface area contributed by atoms with Crippen molar-refractivity contribution < 1.29 is 17.9 Å². The van der Waals surface area contributed by atoms with Crippen LogP contribution >= 0.6 is 0 Å². The maximum Gasteiger partial charge on any atom is 0.338 e. The average molecular weight is 453 g/mol. The molecule has 0 spiro atoms. The van der Waals surface area contributed by atoms with Crippen molar-refractivity contribution in [1.29, 1.82) is 5.26 Å². The maximum absolute atomic E-state index is 12.7. The third kappa shape index (κ3) is 4.56. The molecule has 0 bridgehead atoms. The molecular formula is C23H24N4O4S. The lowest BCUT2D eigenvalue weighted by atomic mass is 10.2. The van der Waals surface area contributed by atoms with Gasteiger partial charge in [0.15, 0.2) is 0 Å². The molecular weight excluding hydrogens is 428 g/mol. The molecule has 32 heavy (non-hydrogen) atoms. The van der Waals surface area contributed by atoms with Gasteiger partial charge in [0.1, 0.15) is 18.2 Å². The van der Waals surface area contributed by atoms with Crippen LogP contribution in [-0.4, -0.2) is 41.6 Å². The lowest BCUT2D eigenvalue weighted by Gasteiger charge is -2.21. The lowest BCUT2D eigenvalue weighted by molar-refractivity contribution is 0.0464. The SMILES string of the molecule is Cc1nn(-c2ccccc2)c(COC(=O)c2cccc(S(=O)(=O)N(C)C(C)C)c2)c1C#N. The van der Waals surface area contributed by atoms with E-state index in [0.29, 0.717) is 17.0 Å². The molecule has 9 heteroatoms. The minimum Gasteiger partial charge on any atom is -0.456 e. The Morgan fingerprint density at radius 2 is 1.88 bits per heavy atom. The fourth-order valence-electron chi connectivity index (χ4n) is 3.08. The third-order valence-corrected chi connectivity index (χ3v) is 7.11. The van der Waals surface area contributed by atoms with Gasteiger partial charge in [0.05, 0.1) is 27.5 Å². The molecule has 0 N–H and O–H groups in total. The topological polar surface area (TPSA) is 105 Å². The van der Waals surface area contributed by atoms with Crippen molar-refractivity contribution in [1.82, 2.24) is 14.1 Å². The Kier molecular flexibility index (Phi) is 6.77. The van der Waals surface area contributed by atoms with Gasteiger partial charge in [-0.05, 0) is 51.1 Å². The van der Waals surface area contributed by atoms with E-state index in [1.807, 2.05) is 30.3 Å². The Hall–Kier alpha value is -3.48. The summed E-state index contributed by atoms with van der Waals surface area (Å²) in [5, 5.41) is 14.0. The molecule has 3 aromatic rings. The fourth-order valence-corrected chi connectivity index (χ4v) is 4.50. The number of aromatic nitrogens is 2. The number of para-hydroxylation sites is 1. The van der Waals surface area contributed by atoms with Crippen molar-refractivity contribution in [3.05, 3.63) is 77.1 Å². The van der Waals surface area contributed by atoms with E-state index in [-0.39, 0.29) is 23.1 Å². The van der Waals surface area contributed by atoms with Crippen LogP contribution in [0.3, 0.4) is 0 Å². The van der Waals surface area contributed by atoms with Gasteiger partial charge in [-0.3, -0.25) is 0 Å². The number of sulfonamides is 1. The summed E-state index contributed by atoms with van der Waals surface area (Å²) in [5.41, 5.74) is 2.12. The molecule has 166 valence electrons. The molecule has 0 unspecified atom stereocenters. The average Bonchev–Trinajstić information content (AvgIpc) is 3.12. The fraction of sp³-hybridized carbons (Fsp3) is 0.261. The second kappa shape index (κ2) is 9.34. The van der Waals surface area contributed by atoms with Gasteiger partial charge in [0.25, 0.3) is 0 Å². The number of carbonyl (C=O) groups is 1. The Morgan fingerprint density at radius 3 is 2.50 bits per heavy atom. The van der Waals surface area contributed by atoms with Crippen molar-refractivity contribution in [2.24, 2.45) is 0 Å². The van der Waals surface area contributed by atoms with E-state index in [4.69, 9.17) is 4.74 Å². The molecule has 0 saturated carbocycles. The second-order valence-corrected chi connectivity index (χ2v) is 9.48. The third-order valence-electron chi connectivity index (χ3n) is 5.08. The van der Waals surface area contributed by atoms with Gasteiger partial charge in [-0.25, -0.2) is 17.9 Å². The van der Waals surface area contributed by atoms with Crippen molar-refractivity contribution >= 4 is 16.0 Å². The number of esters is 1. The maximum atomic E-state index is 12.7. The van der Waals surface area contributed by atoms with Gasteiger partial charge in [-0.1, -0.05) is 24.3 Å². The Balaban J connectivity index is 1.87. The smallest absolute Gasteiger partial charge is 0.338 e. The molecule has 0 radical (unpaired) electrons. The molecule has 8 nitrogen and oxygen atoms in total. The zero-order valence-corrected chi connectivity index (χ0v) is 19.1. The van der Waals surface area contributed by atoms with Crippen LogP contribution < -0.4 is 0 Å². The summed E-state index contributed by atoms with van der Waals surface area (Å²) in [6.07, 6.45) is 0. The van der Waals surface area contributed by atoms with Gasteiger partial charge < -0.3 is 4.74 Å². The summed E-state index contributed by atoms with van der Waals surface area (Å²) in [4.78, 5) is 12.7. The highest BCUT2D eigenvalue weighted by Gasteiger charge is 2.24. The second-order valence-electron chi connectivity index (χ2n) is 7.49. The molecule has 0 amide bonds. The highest BCUT2D eigenvalue weighted by atomic mass is 32.2. The number of rotatable bonds is 7. The van der Waals surface area contributed by atoms with E-state index >= 15 is 0 Å².